The number of amides is 1. The van der Waals surface area contributed by atoms with Crippen LogP contribution in [0.1, 0.15) is 64.0 Å². The van der Waals surface area contributed by atoms with E-state index in [0.717, 1.165) is 99.2 Å². The van der Waals surface area contributed by atoms with Crippen molar-refractivity contribution in [2.75, 3.05) is 49.6 Å². The summed E-state index contributed by atoms with van der Waals surface area (Å²) in [5.41, 5.74) is 4.79. The second-order valence-electron chi connectivity index (χ2n) is 16.2. The fraction of sp³-hybridized carbons (Fsp3) is 0.538. The van der Waals surface area contributed by atoms with Gasteiger partial charge >= 0.3 is 0 Å². The van der Waals surface area contributed by atoms with E-state index >= 15 is 0 Å². The minimum Gasteiger partial charge on any atom is -0.378 e. The molecule has 2 saturated carbocycles. The third kappa shape index (κ3) is 4.89. The van der Waals surface area contributed by atoms with Gasteiger partial charge in [0.1, 0.15) is 11.7 Å². The van der Waals surface area contributed by atoms with E-state index in [1.54, 1.807) is 18.6 Å². The molecule has 2 aliphatic carbocycles. The lowest BCUT2D eigenvalue weighted by atomic mass is 9.73. The zero-order valence-corrected chi connectivity index (χ0v) is 29.2. The quantitative estimate of drug-likeness (QED) is 0.252. The molecule has 1 aromatic carbocycles. The summed E-state index contributed by atoms with van der Waals surface area (Å²) in [6.07, 6.45) is 9.09. The third-order valence-electron chi connectivity index (χ3n) is 13.1. The first kappa shape index (κ1) is 31.7. The predicted octanol–water partition coefficient (Wildman–Crippen LogP) is 6.00. The van der Waals surface area contributed by atoms with Crippen LogP contribution < -0.4 is 10.2 Å². The lowest BCUT2D eigenvalue weighted by Crippen LogP contribution is -2.59. The van der Waals surface area contributed by atoms with E-state index in [-0.39, 0.29) is 29.1 Å². The van der Waals surface area contributed by atoms with Crippen LogP contribution in [-0.4, -0.2) is 98.9 Å². The Bertz CT molecular complexity index is 2030. The molecule has 0 bridgehead atoms. The van der Waals surface area contributed by atoms with E-state index < -0.39 is 17.4 Å². The predicted molar refractivity (Wildman–Crippen MR) is 190 cm³/mol. The van der Waals surface area contributed by atoms with Crippen molar-refractivity contribution in [3.63, 3.8) is 0 Å². The Morgan fingerprint density at radius 3 is 2.49 bits per heavy atom. The largest absolute Gasteiger partial charge is 0.378 e. The topological polar surface area (TPSA) is 91.7 Å². The normalized spacial score (nSPS) is 27.0. The number of ether oxygens (including phenoxy) is 1. The number of fused-ring (bicyclic) bond motifs is 3. The van der Waals surface area contributed by atoms with Crippen molar-refractivity contribution in [1.82, 2.24) is 29.3 Å². The Kier molecular flexibility index (Phi) is 7.15. The van der Waals surface area contributed by atoms with Gasteiger partial charge in [-0.05, 0) is 89.2 Å². The highest BCUT2D eigenvalue weighted by Crippen LogP contribution is 2.57. The molecule has 4 aliphatic heterocycles. The summed E-state index contributed by atoms with van der Waals surface area (Å²) in [6, 6.07) is 10.9. The van der Waals surface area contributed by atoms with Crippen molar-refractivity contribution < 1.29 is 18.3 Å². The molecule has 1 N–H and O–H groups in total. The number of alkyl halides is 1. The minimum absolute atomic E-state index is 0.0758. The summed E-state index contributed by atoms with van der Waals surface area (Å²) in [7, 11) is 0. The van der Waals surface area contributed by atoms with Crippen molar-refractivity contribution >= 4 is 34.1 Å². The van der Waals surface area contributed by atoms with Crippen LogP contribution in [0.15, 0.2) is 49.1 Å². The second-order valence-corrected chi connectivity index (χ2v) is 16.2. The number of benzene rings is 1. The van der Waals surface area contributed by atoms with Gasteiger partial charge in [-0.2, -0.15) is 0 Å². The summed E-state index contributed by atoms with van der Waals surface area (Å²) in [4.78, 5) is 35.5. The molecular formula is C39H44F2N8O2. The summed E-state index contributed by atoms with van der Waals surface area (Å²) >= 11 is 0. The maximum absolute atomic E-state index is 14.9. The van der Waals surface area contributed by atoms with Gasteiger partial charge in [-0.25, -0.2) is 18.7 Å². The number of halogens is 2. The van der Waals surface area contributed by atoms with Gasteiger partial charge in [-0.3, -0.25) is 19.6 Å². The van der Waals surface area contributed by atoms with Crippen molar-refractivity contribution in [2.24, 2.45) is 5.41 Å². The number of likely N-dealkylation sites (tertiary alicyclic amines) is 2. The van der Waals surface area contributed by atoms with Gasteiger partial charge in [0.25, 0.3) is 0 Å². The molecule has 1 unspecified atom stereocenters. The molecule has 7 heterocycles. The van der Waals surface area contributed by atoms with Gasteiger partial charge < -0.3 is 19.5 Å². The van der Waals surface area contributed by atoms with Crippen LogP contribution in [0.5, 0.6) is 0 Å². The molecular weight excluding hydrogens is 650 g/mol. The molecule has 2 spiro atoms. The Hall–Kier alpha value is -4.00. The highest BCUT2D eigenvalue weighted by Gasteiger charge is 2.60. The molecule has 266 valence electrons. The minimum atomic E-state index is -0.728. The monoisotopic (exact) mass is 694 g/mol. The van der Waals surface area contributed by atoms with Gasteiger partial charge in [0.15, 0.2) is 11.6 Å². The van der Waals surface area contributed by atoms with E-state index in [4.69, 9.17) is 14.7 Å². The summed E-state index contributed by atoms with van der Waals surface area (Å²) < 4.78 is 37.3. The lowest BCUT2D eigenvalue weighted by molar-refractivity contribution is -0.128. The molecule has 1 amide bonds. The molecule has 6 aliphatic rings. The maximum atomic E-state index is 14.9. The van der Waals surface area contributed by atoms with E-state index in [0.29, 0.717) is 30.1 Å². The van der Waals surface area contributed by atoms with Crippen LogP contribution in [0.3, 0.4) is 0 Å². The molecule has 51 heavy (non-hydrogen) atoms. The number of carbonyl (C=O) groups is 1. The van der Waals surface area contributed by atoms with Crippen LogP contribution in [0.4, 0.5) is 26.0 Å². The summed E-state index contributed by atoms with van der Waals surface area (Å²) in [5, 5.41) is 3.23. The Morgan fingerprint density at radius 2 is 1.80 bits per heavy atom. The van der Waals surface area contributed by atoms with Crippen LogP contribution in [0.25, 0.3) is 22.3 Å². The Labute approximate surface area is 296 Å². The standard InChI is InChI=1S/C39H44F2N8O2/c1-23(2)48-22-43-32-16-31(45-36(35(32)48)44-30-5-10-42-17-29(30)40)24-3-4-28-33(13-24)49(26-14-25(15-26)47-18-34(41)38(21-47)6-7-38)37(50)39(28)8-11-46(12-9-39)27-19-51-20-27/h3-5,10,13,16-17,22-23,25-27,34H,6-9,11-12,14-15,18-21H2,1-2H3,(H,42,44,45). The van der Waals surface area contributed by atoms with Gasteiger partial charge in [0.2, 0.25) is 5.91 Å². The third-order valence-corrected chi connectivity index (χ3v) is 13.1. The number of pyridine rings is 2. The van der Waals surface area contributed by atoms with E-state index in [1.807, 2.05) is 10.6 Å². The number of aromatic nitrogens is 4. The van der Waals surface area contributed by atoms with Crippen LogP contribution in [0, 0.1) is 11.2 Å². The molecule has 0 radical (unpaired) electrons. The van der Waals surface area contributed by atoms with Crippen molar-refractivity contribution in [3.8, 4) is 11.3 Å². The summed E-state index contributed by atoms with van der Waals surface area (Å²) in [6.45, 7) is 8.80. The van der Waals surface area contributed by atoms with Gasteiger partial charge in [0.05, 0.1) is 54.1 Å². The van der Waals surface area contributed by atoms with Crippen molar-refractivity contribution in [3.05, 3.63) is 60.4 Å². The first-order chi connectivity index (χ1) is 24.7. The average Bonchev–Trinajstić information content (AvgIpc) is 3.53. The number of hydrogen-bond donors (Lipinski definition) is 1. The molecule has 1 atom stereocenters. The van der Waals surface area contributed by atoms with Crippen LogP contribution >= 0.6 is 0 Å². The van der Waals surface area contributed by atoms with Crippen LogP contribution in [-0.2, 0) is 14.9 Å². The zero-order valence-electron chi connectivity index (χ0n) is 29.2. The number of nitrogens with one attached hydrogen (secondary N) is 1. The van der Waals surface area contributed by atoms with E-state index in [1.165, 1.54) is 6.20 Å². The first-order valence-electron chi connectivity index (χ1n) is 18.7. The Morgan fingerprint density at radius 1 is 1.00 bits per heavy atom. The maximum Gasteiger partial charge on any atom is 0.238 e. The van der Waals surface area contributed by atoms with E-state index in [2.05, 4.69) is 57.0 Å². The number of anilines is 3. The van der Waals surface area contributed by atoms with Crippen molar-refractivity contribution in [2.45, 2.75) is 88.1 Å². The molecule has 3 aromatic heterocycles. The van der Waals surface area contributed by atoms with E-state index in [9.17, 15) is 13.6 Å². The fourth-order valence-corrected chi connectivity index (χ4v) is 9.54. The van der Waals surface area contributed by atoms with Gasteiger partial charge in [0, 0.05) is 54.1 Å². The molecule has 12 heteroatoms. The summed E-state index contributed by atoms with van der Waals surface area (Å²) in [5.74, 6) is 0.243. The fourth-order valence-electron chi connectivity index (χ4n) is 9.54. The van der Waals surface area contributed by atoms with Gasteiger partial charge in [-0.1, -0.05) is 12.1 Å². The number of nitrogens with zero attached hydrogens (tertiary/aromatic N) is 7. The number of piperidine rings is 1. The Balaban J connectivity index is 1.02. The number of imidazole rings is 1. The highest BCUT2D eigenvalue weighted by molar-refractivity contribution is 6.09. The molecule has 3 saturated heterocycles. The second kappa shape index (κ2) is 11.5. The SMILES string of the molecule is CC(C)n1cnc2cc(-c3ccc4c(c3)N(C3CC(N5CC(F)C6(CC6)C5)C3)C(=O)C43CCN(C4COC4)CC3)nc(Nc3ccncc3F)c21. The first-order valence-corrected chi connectivity index (χ1v) is 18.7. The number of carbonyl (C=O) groups excluding carboxylic acids is 1. The highest BCUT2D eigenvalue weighted by atomic mass is 19.1. The molecule has 10 nitrogen and oxygen atoms in total. The van der Waals surface area contributed by atoms with Gasteiger partial charge in [-0.15, -0.1) is 0 Å². The molecule has 5 fully saturated rings. The smallest absolute Gasteiger partial charge is 0.238 e. The molecule has 10 rings (SSSR count). The number of hydrogen-bond acceptors (Lipinski definition) is 8. The van der Waals surface area contributed by atoms with Crippen molar-refractivity contribution in [1.29, 1.82) is 0 Å². The average molecular weight is 695 g/mol. The lowest BCUT2D eigenvalue weighted by Gasteiger charge is -2.47. The molecule has 4 aromatic rings. The zero-order chi connectivity index (χ0) is 34.6. The number of rotatable bonds is 7. The van der Waals surface area contributed by atoms with Crippen LogP contribution in [0.2, 0.25) is 0 Å².